The summed E-state index contributed by atoms with van der Waals surface area (Å²) in [5.74, 6) is 0.300. The number of benzene rings is 1. The number of methoxy groups -OCH3 is 2. The summed E-state index contributed by atoms with van der Waals surface area (Å²) < 4.78 is 10.2. The van der Waals surface area contributed by atoms with Gasteiger partial charge in [-0.05, 0) is 12.1 Å². The fraction of sp³-hybridized carbons (Fsp3) is 0.154. The average Bonchev–Trinajstić information content (AvgIpc) is 2.48. The van der Waals surface area contributed by atoms with Gasteiger partial charge in [0.1, 0.15) is 17.2 Å². The van der Waals surface area contributed by atoms with E-state index in [1.165, 1.54) is 32.4 Å². The van der Waals surface area contributed by atoms with E-state index in [0.717, 1.165) is 0 Å². The summed E-state index contributed by atoms with van der Waals surface area (Å²) >= 11 is 6.01. The van der Waals surface area contributed by atoms with Crippen LogP contribution in [0, 0.1) is 0 Å². The van der Waals surface area contributed by atoms with Crippen molar-refractivity contribution in [2.75, 3.05) is 19.5 Å². The lowest BCUT2D eigenvalue weighted by Crippen LogP contribution is -2.17. The number of hydrogen-bond donors (Lipinski definition) is 2. The third-order valence-corrected chi connectivity index (χ3v) is 2.93. The van der Waals surface area contributed by atoms with Crippen LogP contribution in [-0.2, 0) is 0 Å². The first-order chi connectivity index (χ1) is 10.0. The van der Waals surface area contributed by atoms with Gasteiger partial charge < -0.3 is 14.8 Å². The summed E-state index contributed by atoms with van der Waals surface area (Å²) in [6.45, 7) is 0. The summed E-state index contributed by atoms with van der Waals surface area (Å²) in [5.41, 5.74) is 0.0292. The molecule has 21 heavy (non-hydrogen) atoms. The largest absolute Gasteiger partial charge is 0.495 e. The summed E-state index contributed by atoms with van der Waals surface area (Å²) in [4.78, 5) is 23.0. The van der Waals surface area contributed by atoms with Gasteiger partial charge in [0.2, 0.25) is 0 Å². The van der Waals surface area contributed by atoms with Crippen molar-refractivity contribution in [1.82, 2.24) is 10.2 Å². The van der Waals surface area contributed by atoms with Crippen LogP contribution in [0.3, 0.4) is 0 Å². The normalized spacial score (nSPS) is 10.0. The summed E-state index contributed by atoms with van der Waals surface area (Å²) in [6.07, 6.45) is 0. The van der Waals surface area contributed by atoms with Crippen molar-refractivity contribution in [3.05, 3.63) is 45.3 Å². The van der Waals surface area contributed by atoms with Crippen molar-refractivity contribution in [2.24, 2.45) is 0 Å². The molecule has 2 aromatic rings. The number of halogens is 1. The number of anilines is 1. The minimum absolute atomic E-state index is 0.0589. The molecular weight excluding hydrogens is 298 g/mol. The SMILES string of the molecule is COc1cc(OC)c(NC(=O)c2ccc(=O)[nH]n2)cc1Cl. The molecule has 2 rings (SSSR count). The van der Waals surface area contributed by atoms with Crippen LogP contribution < -0.4 is 20.3 Å². The predicted molar refractivity (Wildman–Crippen MR) is 77.4 cm³/mol. The maximum atomic E-state index is 12.0. The van der Waals surface area contributed by atoms with Gasteiger partial charge in [0.15, 0.2) is 0 Å². The molecule has 1 amide bonds. The summed E-state index contributed by atoms with van der Waals surface area (Å²) in [7, 11) is 2.93. The van der Waals surface area contributed by atoms with Gasteiger partial charge in [-0.15, -0.1) is 0 Å². The molecular formula is C13H12ClN3O4. The van der Waals surface area contributed by atoms with Crippen LogP contribution in [0.15, 0.2) is 29.1 Å². The zero-order chi connectivity index (χ0) is 15.4. The zero-order valence-corrected chi connectivity index (χ0v) is 12.0. The molecule has 7 nitrogen and oxygen atoms in total. The number of carbonyl (C=O) groups is 1. The smallest absolute Gasteiger partial charge is 0.276 e. The Kier molecular flexibility index (Phi) is 4.44. The number of nitrogens with zero attached hydrogens (tertiary/aromatic N) is 1. The lowest BCUT2D eigenvalue weighted by atomic mass is 10.2. The maximum Gasteiger partial charge on any atom is 0.276 e. The zero-order valence-electron chi connectivity index (χ0n) is 11.3. The number of carbonyl (C=O) groups excluding carboxylic acids is 1. The monoisotopic (exact) mass is 309 g/mol. The van der Waals surface area contributed by atoms with Crippen molar-refractivity contribution >= 4 is 23.2 Å². The molecule has 0 spiro atoms. The number of rotatable bonds is 4. The Morgan fingerprint density at radius 2 is 1.95 bits per heavy atom. The second kappa shape index (κ2) is 6.27. The molecule has 0 atom stereocenters. The lowest BCUT2D eigenvalue weighted by molar-refractivity contribution is 0.102. The Morgan fingerprint density at radius 1 is 1.24 bits per heavy atom. The molecule has 8 heteroatoms. The van der Waals surface area contributed by atoms with Crippen molar-refractivity contribution in [1.29, 1.82) is 0 Å². The molecule has 0 aliphatic heterocycles. The van der Waals surface area contributed by atoms with Gasteiger partial charge in [0.25, 0.3) is 11.5 Å². The van der Waals surface area contributed by atoms with Gasteiger partial charge in [-0.3, -0.25) is 9.59 Å². The summed E-state index contributed by atoms with van der Waals surface area (Å²) in [6, 6.07) is 5.58. The minimum atomic E-state index is -0.509. The molecule has 110 valence electrons. The fourth-order valence-electron chi connectivity index (χ4n) is 1.62. The molecule has 0 aliphatic rings. The van der Waals surface area contributed by atoms with E-state index in [9.17, 15) is 9.59 Å². The molecule has 0 bridgehead atoms. The van der Waals surface area contributed by atoms with Gasteiger partial charge in [0, 0.05) is 12.1 Å². The van der Waals surface area contributed by atoms with Crippen LogP contribution in [0.5, 0.6) is 11.5 Å². The van der Waals surface area contributed by atoms with E-state index >= 15 is 0 Å². The van der Waals surface area contributed by atoms with E-state index in [0.29, 0.717) is 22.2 Å². The molecule has 0 radical (unpaired) electrons. The third kappa shape index (κ3) is 3.32. The number of nitrogens with one attached hydrogen (secondary N) is 2. The summed E-state index contributed by atoms with van der Waals surface area (Å²) in [5, 5.41) is 8.74. The van der Waals surface area contributed by atoms with E-state index < -0.39 is 11.5 Å². The van der Waals surface area contributed by atoms with Gasteiger partial charge in [0.05, 0.1) is 24.9 Å². The van der Waals surface area contributed by atoms with E-state index in [2.05, 4.69) is 15.5 Å². The fourth-order valence-corrected chi connectivity index (χ4v) is 1.86. The van der Waals surface area contributed by atoms with Crippen LogP contribution in [0.1, 0.15) is 10.5 Å². The second-order valence-corrected chi connectivity index (χ2v) is 4.35. The van der Waals surface area contributed by atoms with E-state index in [1.54, 1.807) is 6.07 Å². The molecule has 0 saturated carbocycles. The molecule has 0 fully saturated rings. The quantitative estimate of drug-likeness (QED) is 0.896. The van der Waals surface area contributed by atoms with E-state index in [-0.39, 0.29) is 5.69 Å². The first kappa shape index (κ1) is 14.9. The number of ether oxygens (including phenoxy) is 2. The number of hydrogen-bond acceptors (Lipinski definition) is 5. The molecule has 1 heterocycles. The first-order valence-electron chi connectivity index (χ1n) is 5.83. The first-order valence-corrected chi connectivity index (χ1v) is 6.21. The Labute approximate surface area is 124 Å². The third-order valence-electron chi connectivity index (χ3n) is 2.63. The topological polar surface area (TPSA) is 93.3 Å². The highest BCUT2D eigenvalue weighted by Crippen LogP contribution is 2.35. The van der Waals surface area contributed by atoms with Gasteiger partial charge in [-0.2, -0.15) is 5.10 Å². The standard InChI is InChI=1S/C13H12ClN3O4/c1-20-10-6-11(21-2)9(5-7(10)14)15-13(19)8-3-4-12(18)17-16-8/h3-6H,1-2H3,(H,15,19)(H,17,18). The van der Waals surface area contributed by atoms with Crippen molar-refractivity contribution in [3.63, 3.8) is 0 Å². The van der Waals surface area contributed by atoms with E-state index in [4.69, 9.17) is 21.1 Å². The molecule has 1 aromatic carbocycles. The highest BCUT2D eigenvalue weighted by atomic mass is 35.5. The average molecular weight is 310 g/mol. The van der Waals surface area contributed by atoms with Crippen LogP contribution in [-0.4, -0.2) is 30.3 Å². The molecule has 1 aromatic heterocycles. The Morgan fingerprint density at radius 3 is 2.52 bits per heavy atom. The maximum absolute atomic E-state index is 12.0. The minimum Gasteiger partial charge on any atom is -0.495 e. The van der Waals surface area contributed by atoms with Gasteiger partial charge >= 0.3 is 0 Å². The highest BCUT2D eigenvalue weighted by molar-refractivity contribution is 6.32. The molecule has 2 N–H and O–H groups in total. The van der Waals surface area contributed by atoms with Gasteiger partial charge in [-0.1, -0.05) is 11.6 Å². The number of aromatic amines is 1. The predicted octanol–water partition coefficient (Wildman–Crippen LogP) is 1.69. The highest BCUT2D eigenvalue weighted by Gasteiger charge is 2.14. The number of H-pyrrole nitrogens is 1. The second-order valence-electron chi connectivity index (χ2n) is 3.95. The van der Waals surface area contributed by atoms with Crippen LogP contribution in [0.4, 0.5) is 5.69 Å². The molecule has 0 aliphatic carbocycles. The van der Waals surface area contributed by atoms with Crippen LogP contribution >= 0.6 is 11.6 Å². The number of amides is 1. The van der Waals surface area contributed by atoms with Crippen molar-refractivity contribution in [3.8, 4) is 11.5 Å². The molecule has 0 unspecified atom stereocenters. The van der Waals surface area contributed by atoms with Crippen molar-refractivity contribution < 1.29 is 14.3 Å². The number of aromatic nitrogens is 2. The van der Waals surface area contributed by atoms with Crippen LogP contribution in [0.25, 0.3) is 0 Å². The van der Waals surface area contributed by atoms with Gasteiger partial charge in [-0.25, -0.2) is 5.10 Å². The Bertz CT molecular complexity index is 709. The Hall–Kier alpha value is -2.54. The van der Waals surface area contributed by atoms with Crippen LogP contribution in [0.2, 0.25) is 5.02 Å². The lowest BCUT2D eigenvalue weighted by Gasteiger charge is -2.12. The van der Waals surface area contributed by atoms with Crippen molar-refractivity contribution in [2.45, 2.75) is 0 Å². The molecule has 0 saturated heterocycles. The Balaban J connectivity index is 2.30. The van der Waals surface area contributed by atoms with E-state index in [1.807, 2.05) is 0 Å².